The van der Waals surface area contributed by atoms with E-state index in [2.05, 4.69) is 1.40 Å². The van der Waals surface area contributed by atoms with Crippen LogP contribution in [0.15, 0.2) is 0 Å². The Hall–Kier alpha value is 2.22. The maximum Gasteiger partial charge on any atom is 0.124 e. The molecule has 24 valence electrons. The van der Waals surface area contributed by atoms with Gasteiger partial charge < -0.3 is 0 Å². The van der Waals surface area contributed by atoms with Crippen molar-refractivity contribution in [3.63, 3.8) is 0 Å². The van der Waals surface area contributed by atoms with Crippen molar-refractivity contribution in [2.45, 2.75) is 0 Å². The molecule has 4 radical (unpaired) electrons. The molecule has 0 rings (SSSR count). The molecule has 0 saturated heterocycles. The van der Waals surface area contributed by atoms with Gasteiger partial charge in [-0.25, -0.2) is 1.40 Å². The van der Waals surface area contributed by atoms with Gasteiger partial charge in [0.2, 0.25) is 0 Å². The fourth-order valence-corrected chi connectivity index (χ4v) is 0. The number of hydrogen-bond acceptors (Lipinski definition) is 1. The maximum absolute atomic E-state index is 4.19. The molecule has 1 nitrogen and oxygen atoms in total. The molecule has 0 aromatic heterocycles. The predicted octanol–water partition coefficient (Wildman–Crippen LogP) is 1.32. The minimum absolute atomic E-state index is 0. The van der Waals surface area contributed by atoms with Crippen molar-refractivity contribution in [1.82, 2.24) is 0 Å². The van der Waals surface area contributed by atoms with Gasteiger partial charge in [-0.2, -0.15) is 0 Å². The van der Waals surface area contributed by atoms with E-state index in [1.54, 1.807) is 46.0 Å². The van der Waals surface area contributed by atoms with Crippen molar-refractivity contribution in [3.8, 4) is 0 Å². The van der Waals surface area contributed by atoms with Crippen molar-refractivity contribution in [3.05, 3.63) is 0 Å². The van der Waals surface area contributed by atoms with Gasteiger partial charge in [-0.05, 0) is 0 Å². The zero-order valence-corrected chi connectivity index (χ0v) is 8.83. The van der Waals surface area contributed by atoms with E-state index in [1.807, 2.05) is 0 Å². The first-order valence-electron chi connectivity index (χ1n) is 0.309. The maximum atomic E-state index is 4.19. The summed E-state index contributed by atoms with van der Waals surface area (Å²) in [4.78, 5) is 0. The van der Waals surface area contributed by atoms with E-state index in [0.29, 0.717) is 0 Å². The quantitative estimate of drug-likeness (QED) is 0.449. The summed E-state index contributed by atoms with van der Waals surface area (Å²) in [6, 6.07) is 0. The zero-order valence-electron chi connectivity index (χ0n) is 1.66. The molecule has 0 aromatic rings. The van der Waals surface area contributed by atoms with Gasteiger partial charge >= 0.3 is 0 Å². The summed E-state index contributed by atoms with van der Waals surface area (Å²) in [7, 11) is 0. The molecule has 0 aliphatic carbocycles. The molecule has 0 aliphatic rings. The van der Waals surface area contributed by atoms with Gasteiger partial charge in [-0.1, -0.05) is 0 Å². The smallest absolute Gasteiger partial charge is 0.124 e. The Morgan fingerprint density at radius 3 is 1.25 bits per heavy atom. The fourth-order valence-electron chi connectivity index (χ4n) is 0. The van der Waals surface area contributed by atoms with Crippen LogP contribution in [0.3, 0.4) is 0 Å². The summed E-state index contributed by atoms with van der Waals surface area (Å²) in [5.74, 6) is 0. The van der Waals surface area contributed by atoms with Crippen LogP contribution in [-0.2, 0) is 1.40 Å². The third-order valence-corrected chi connectivity index (χ3v) is 0. The van der Waals surface area contributed by atoms with Crippen molar-refractivity contribution < 1.29 is 1.40 Å². The van der Waals surface area contributed by atoms with Crippen LogP contribution in [0.4, 0.5) is 0 Å². The average Bonchev–Trinajstić information content (AvgIpc) is 0.918. The molecule has 0 fully saturated rings. The average molecular weight is 389 g/mol. The summed E-state index contributed by atoms with van der Waals surface area (Å²) in [6.07, 6.45) is 0. The molecule has 0 spiro atoms. The Morgan fingerprint density at radius 2 is 1.25 bits per heavy atom. The first-order valence-corrected chi connectivity index (χ1v) is 2.07. The van der Waals surface area contributed by atoms with Crippen molar-refractivity contribution >= 4 is 69.9 Å². The largest absolute Gasteiger partial charge is 0.247 e. The van der Waals surface area contributed by atoms with Gasteiger partial charge in [0.1, 0.15) is 46.0 Å². The van der Waals surface area contributed by atoms with E-state index in [9.17, 15) is 0 Å². The topological polar surface area (TPSA) is 9.23 Å². The number of rotatable bonds is 0. The predicted molar refractivity (Wildman–Crippen MR) is 34.9 cm³/mol. The van der Waals surface area contributed by atoms with E-state index in [1.165, 1.54) is 0 Å². The van der Waals surface area contributed by atoms with Gasteiger partial charge in [0, 0.05) is 23.9 Å². The van der Waals surface area contributed by atoms with Gasteiger partial charge in [0.15, 0.2) is 0 Å². The van der Waals surface area contributed by atoms with Crippen molar-refractivity contribution in [1.29, 1.82) is 0 Å². The van der Waals surface area contributed by atoms with Crippen LogP contribution in [0.1, 0.15) is 0 Å². The van der Waals surface area contributed by atoms with E-state index in [-0.39, 0.29) is 23.9 Å². The van der Waals surface area contributed by atoms with Gasteiger partial charge in [-0.3, -0.25) is 0 Å². The van der Waals surface area contributed by atoms with Gasteiger partial charge in [0.05, 0.1) is 0 Å². The van der Waals surface area contributed by atoms with E-state index in [0.717, 1.165) is 0 Å². The third-order valence-electron chi connectivity index (χ3n) is 0. The minimum atomic E-state index is 0. The summed E-state index contributed by atoms with van der Waals surface area (Å²) >= 11 is 3.55. The monoisotopic (exact) mass is 390 g/mol. The summed E-state index contributed by atoms with van der Waals surface area (Å²) in [5.41, 5.74) is 0. The van der Waals surface area contributed by atoms with Crippen molar-refractivity contribution in [2.24, 2.45) is 0 Å². The van der Waals surface area contributed by atoms with Gasteiger partial charge in [-0.15, -0.1) is 0 Å². The second-order valence-corrected chi connectivity index (χ2v) is 2.62. The number of hydrogen-bond donors (Lipinski definition) is 0. The van der Waals surface area contributed by atoms with Crippen LogP contribution in [0.5, 0.6) is 0 Å². The van der Waals surface area contributed by atoms with Crippen LogP contribution in [-0.4, -0.2) is 23.9 Å². The van der Waals surface area contributed by atoms with Crippen LogP contribution in [0.25, 0.3) is 0 Å². The molecule has 0 amide bonds. The van der Waals surface area contributed by atoms with Crippen LogP contribution in [0.2, 0.25) is 0 Å². The Labute approximate surface area is 70.2 Å². The Bertz CT molecular complexity index is 6.00. The Kier molecular flexibility index (Phi) is 21.3. The minimum Gasteiger partial charge on any atom is -0.247 e. The first-order chi connectivity index (χ1) is 1.41. The molecule has 0 aliphatic heterocycles. The fraction of sp³-hybridized carbons (Fsp3) is 0. The van der Waals surface area contributed by atoms with Crippen LogP contribution >= 0.6 is 46.0 Å². The molecular formula is I2OSn. The Morgan fingerprint density at radius 1 is 1.25 bits per heavy atom. The molecule has 0 bridgehead atoms. The summed E-state index contributed by atoms with van der Waals surface area (Å²) in [6.45, 7) is 0. The molecule has 0 heterocycles. The normalized spacial score (nSPS) is 4.50. The second-order valence-electron chi connectivity index (χ2n) is 0.0583. The van der Waals surface area contributed by atoms with E-state index < -0.39 is 0 Å². The molecule has 0 aromatic carbocycles. The number of halogens is 2. The first kappa shape index (κ1) is 9.52. The zero-order chi connectivity index (χ0) is 2.71. The standard InChI is InChI=1S/I2O.Sn/c1-3-2;. The Balaban J connectivity index is 0. The van der Waals surface area contributed by atoms with E-state index in [4.69, 9.17) is 0 Å². The molecule has 4 heteroatoms. The summed E-state index contributed by atoms with van der Waals surface area (Å²) in [5, 5.41) is 0. The molecule has 0 N–H and O–H groups in total. The van der Waals surface area contributed by atoms with Gasteiger partial charge in [0.25, 0.3) is 0 Å². The van der Waals surface area contributed by atoms with Crippen LogP contribution < -0.4 is 0 Å². The molecule has 0 unspecified atom stereocenters. The SMILES string of the molecule is IOI.[Sn]. The second kappa shape index (κ2) is 8.97. The van der Waals surface area contributed by atoms with E-state index >= 15 is 0 Å². The van der Waals surface area contributed by atoms with Crippen molar-refractivity contribution in [2.75, 3.05) is 0 Å². The molecule has 0 saturated carbocycles. The van der Waals surface area contributed by atoms with Crippen LogP contribution in [0, 0.1) is 0 Å². The molecule has 4 heavy (non-hydrogen) atoms. The molecular weight excluding hydrogens is 389 g/mol. The summed E-state index contributed by atoms with van der Waals surface area (Å²) < 4.78 is 4.19. The third kappa shape index (κ3) is 8.88. The molecule has 0 atom stereocenters.